The van der Waals surface area contributed by atoms with Gasteiger partial charge in [-0.2, -0.15) is 0 Å². The van der Waals surface area contributed by atoms with Gasteiger partial charge in [-0.05, 0) is 24.3 Å². The second kappa shape index (κ2) is 8.07. The number of hydrogen-bond donors (Lipinski definition) is 1. The van der Waals surface area contributed by atoms with E-state index in [1.54, 1.807) is 48.5 Å². The van der Waals surface area contributed by atoms with Crippen molar-refractivity contribution in [3.8, 4) is 0 Å². The van der Waals surface area contributed by atoms with Crippen LogP contribution in [0, 0.1) is 0 Å². The van der Waals surface area contributed by atoms with Gasteiger partial charge in [-0.25, -0.2) is 14.0 Å². The average Bonchev–Trinajstić information content (AvgIpc) is 2.95. The summed E-state index contributed by atoms with van der Waals surface area (Å²) in [6.45, 7) is -0.363. The fourth-order valence-corrected chi connectivity index (χ4v) is 2.56. The number of esters is 2. The Bertz CT molecular complexity index is 751. The van der Waals surface area contributed by atoms with E-state index in [0.29, 0.717) is 5.56 Å². The van der Waals surface area contributed by atoms with E-state index in [9.17, 15) is 19.1 Å². The van der Waals surface area contributed by atoms with Crippen molar-refractivity contribution in [1.29, 1.82) is 0 Å². The molecule has 136 valence electrons. The van der Waals surface area contributed by atoms with E-state index in [-0.39, 0.29) is 12.2 Å². The van der Waals surface area contributed by atoms with Crippen LogP contribution in [0.25, 0.3) is 0 Å². The van der Waals surface area contributed by atoms with Gasteiger partial charge in [0, 0.05) is 0 Å². The van der Waals surface area contributed by atoms with Gasteiger partial charge in [-0.15, -0.1) is 0 Å². The standard InChI is InChI=1S/C19H17FO6/c20-15-16(26-18(22)13-9-5-2-6-10-13)14(25-19(15)23)11-24-17(21)12-7-3-1-4-8-12/h1-10,14-16,19,23H,11H2/t14-,15+,16-,19?/m1/s1. The van der Waals surface area contributed by atoms with Crippen molar-refractivity contribution in [3.63, 3.8) is 0 Å². The summed E-state index contributed by atoms with van der Waals surface area (Å²) in [5, 5.41) is 9.58. The van der Waals surface area contributed by atoms with Crippen LogP contribution in [-0.2, 0) is 14.2 Å². The summed E-state index contributed by atoms with van der Waals surface area (Å²) in [6.07, 6.45) is -6.20. The molecule has 2 aromatic rings. The Balaban J connectivity index is 1.63. The average molecular weight is 360 g/mol. The van der Waals surface area contributed by atoms with Gasteiger partial charge < -0.3 is 19.3 Å². The molecule has 1 unspecified atom stereocenters. The van der Waals surface area contributed by atoms with Crippen molar-refractivity contribution in [3.05, 3.63) is 71.8 Å². The first-order valence-electron chi connectivity index (χ1n) is 8.02. The van der Waals surface area contributed by atoms with Crippen molar-refractivity contribution in [2.45, 2.75) is 24.7 Å². The van der Waals surface area contributed by atoms with Gasteiger partial charge >= 0.3 is 11.9 Å². The van der Waals surface area contributed by atoms with Crippen LogP contribution in [0.15, 0.2) is 60.7 Å². The summed E-state index contributed by atoms with van der Waals surface area (Å²) in [5.41, 5.74) is 0.557. The molecular weight excluding hydrogens is 343 g/mol. The maximum Gasteiger partial charge on any atom is 0.338 e. The van der Waals surface area contributed by atoms with Gasteiger partial charge in [-0.3, -0.25) is 0 Å². The van der Waals surface area contributed by atoms with E-state index >= 15 is 0 Å². The molecule has 0 aliphatic carbocycles. The third-order valence-corrected chi connectivity index (χ3v) is 3.91. The highest BCUT2D eigenvalue weighted by Gasteiger charge is 2.47. The van der Waals surface area contributed by atoms with Gasteiger partial charge in [0.1, 0.15) is 12.7 Å². The number of rotatable bonds is 5. The van der Waals surface area contributed by atoms with Crippen LogP contribution in [0.2, 0.25) is 0 Å². The number of ether oxygens (including phenoxy) is 3. The SMILES string of the molecule is O=C(OC[C@H]1OC(O)[C@@H](F)[C@@H]1OC(=O)c1ccccc1)c1ccccc1. The lowest BCUT2D eigenvalue weighted by Gasteiger charge is -2.19. The first kappa shape index (κ1) is 18.0. The minimum atomic E-state index is -1.94. The van der Waals surface area contributed by atoms with E-state index in [4.69, 9.17) is 14.2 Å². The minimum absolute atomic E-state index is 0.237. The molecule has 0 bridgehead atoms. The summed E-state index contributed by atoms with van der Waals surface area (Å²) >= 11 is 0. The Hall–Kier alpha value is -2.77. The van der Waals surface area contributed by atoms with Crippen molar-refractivity contribution in [2.75, 3.05) is 6.61 Å². The van der Waals surface area contributed by atoms with E-state index in [0.717, 1.165) is 0 Å². The van der Waals surface area contributed by atoms with Gasteiger partial charge in [0.2, 0.25) is 0 Å². The molecule has 1 heterocycles. The zero-order valence-corrected chi connectivity index (χ0v) is 13.7. The minimum Gasteiger partial charge on any atom is -0.459 e. The molecule has 1 fully saturated rings. The number of benzene rings is 2. The Labute approximate surface area is 149 Å². The number of carbonyl (C=O) groups is 2. The Morgan fingerprint density at radius 3 is 2.08 bits per heavy atom. The van der Waals surface area contributed by atoms with E-state index in [2.05, 4.69) is 0 Å². The van der Waals surface area contributed by atoms with Crippen molar-refractivity contribution in [2.24, 2.45) is 0 Å². The van der Waals surface area contributed by atoms with Gasteiger partial charge in [0.25, 0.3) is 0 Å². The molecule has 0 amide bonds. The van der Waals surface area contributed by atoms with Crippen molar-refractivity contribution in [1.82, 2.24) is 0 Å². The molecule has 0 aromatic heterocycles. The van der Waals surface area contributed by atoms with Crippen LogP contribution in [-0.4, -0.2) is 48.3 Å². The lowest BCUT2D eigenvalue weighted by atomic mass is 10.1. The fourth-order valence-electron chi connectivity index (χ4n) is 2.56. The third kappa shape index (κ3) is 4.07. The molecular formula is C19H17FO6. The molecule has 1 aliphatic rings. The lowest BCUT2D eigenvalue weighted by molar-refractivity contribution is -0.122. The summed E-state index contributed by atoms with van der Waals surface area (Å²) < 4.78 is 29.4. The summed E-state index contributed by atoms with van der Waals surface area (Å²) in [4.78, 5) is 24.1. The Kier molecular flexibility index (Phi) is 5.60. The molecule has 1 saturated heterocycles. The molecule has 1 N–H and O–H groups in total. The van der Waals surface area contributed by atoms with Crippen molar-refractivity contribution >= 4 is 11.9 Å². The third-order valence-electron chi connectivity index (χ3n) is 3.91. The first-order valence-corrected chi connectivity index (χ1v) is 8.02. The number of hydrogen-bond acceptors (Lipinski definition) is 6. The maximum absolute atomic E-state index is 14.2. The van der Waals surface area contributed by atoms with Crippen LogP contribution < -0.4 is 0 Å². The largest absolute Gasteiger partial charge is 0.459 e. The molecule has 0 radical (unpaired) electrons. The van der Waals surface area contributed by atoms with Gasteiger partial charge in [-0.1, -0.05) is 36.4 Å². The monoisotopic (exact) mass is 360 g/mol. The quantitative estimate of drug-likeness (QED) is 0.823. The maximum atomic E-state index is 14.2. The molecule has 7 heteroatoms. The van der Waals surface area contributed by atoms with Crippen molar-refractivity contribution < 1.29 is 33.3 Å². The van der Waals surface area contributed by atoms with E-state index < -0.39 is 36.6 Å². The Morgan fingerprint density at radius 2 is 1.50 bits per heavy atom. The predicted molar refractivity (Wildman–Crippen MR) is 88.1 cm³/mol. The fraction of sp³-hybridized carbons (Fsp3) is 0.263. The van der Waals surface area contributed by atoms with Crippen LogP contribution in [0.1, 0.15) is 20.7 Å². The van der Waals surface area contributed by atoms with Crippen LogP contribution in [0.5, 0.6) is 0 Å². The second-order valence-corrected chi connectivity index (χ2v) is 5.71. The smallest absolute Gasteiger partial charge is 0.338 e. The van der Waals surface area contributed by atoms with Gasteiger partial charge in [0.05, 0.1) is 11.1 Å². The molecule has 0 saturated carbocycles. The molecule has 26 heavy (non-hydrogen) atoms. The van der Waals surface area contributed by atoms with Crippen LogP contribution in [0.3, 0.4) is 0 Å². The topological polar surface area (TPSA) is 82.1 Å². The highest BCUT2D eigenvalue weighted by atomic mass is 19.1. The predicted octanol–water partition coefficient (Wildman–Crippen LogP) is 2.12. The number of halogens is 1. The molecule has 0 spiro atoms. The van der Waals surface area contributed by atoms with Gasteiger partial charge in [0.15, 0.2) is 18.6 Å². The number of carbonyl (C=O) groups excluding carboxylic acids is 2. The van der Waals surface area contributed by atoms with E-state index in [1.165, 1.54) is 12.1 Å². The van der Waals surface area contributed by atoms with Crippen LogP contribution >= 0.6 is 0 Å². The summed E-state index contributed by atoms with van der Waals surface area (Å²) in [5.74, 6) is -1.38. The normalized spacial score (nSPS) is 24.8. The van der Waals surface area contributed by atoms with E-state index in [1.807, 2.05) is 0 Å². The summed E-state index contributed by atoms with van der Waals surface area (Å²) in [7, 11) is 0. The lowest BCUT2D eigenvalue weighted by Crippen LogP contribution is -2.37. The Morgan fingerprint density at radius 1 is 0.962 bits per heavy atom. The number of alkyl halides is 1. The molecule has 3 rings (SSSR count). The molecule has 4 atom stereocenters. The van der Waals surface area contributed by atoms with Crippen LogP contribution in [0.4, 0.5) is 4.39 Å². The zero-order chi connectivity index (χ0) is 18.5. The highest BCUT2D eigenvalue weighted by Crippen LogP contribution is 2.26. The zero-order valence-electron chi connectivity index (χ0n) is 13.7. The first-order chi connectivity index (χ1) is 12.6. The second-order valence-electron chi connectivity index (χ2n) is 5.71. The molecule has 1 aliphatic heterocycles. The number of aliphatic hydroxyl groups excluding tert-OH is 1. The molecule has 2 aromatic carbocycles. The highest BCUT2D eigenvalue weighted by molar-refractivity contribution is 5.90. The summed E-state index contributed by atoms with van der Waals surface area (Å²) in [6, 6.07) is 16.3. The number of aliphatic hydroxyl groups is 1. The molecule has 6 nitrogen and oxygen atoms in total.